The zero-order valence-electron chi connectivity index (χ0n) is 10.7. The number of pyridine rings is 1. The van der Waals surface area contributed by atoms with E-state index < -0.39 is 11.7 Å². The molecule has 1 N–H and O–H groups in total. The summed E-state index contributed by atoms with van der Waals surface area (Å²) >= 11 is 0. The molecule has 0 aliphatic carbocycles. The normalized spacial score (nSPS) is 13.4. The molecule has 1 unspecified atom stereocenters. The summed E-state index contributed by atoms with van der Waals surface area (Å²) in [6.45, 7) is 3.98. The zero-order chi connectivity index (χ0) is 13.6. The van der Waals surface area contributed by atoms with Gasteiger partial charge in [0.25, 0.3) is 0 Å². The second-order valence-corrected chi connectivity index (χ2v) is 4.44. The van der Waals surface area contributed by atoms with Crippen LogP contribution in [0.3, 0.4) is 0 Å². The Bertz CT molecular complexity index is 363. The summed E-state index contributed by atoms with van der Waals surface area (Å²) in [5, 5.41) is 2.84. The van der Waals surface area contributed by atoms with Crippen molar-refractivity contribution in [3.63, 3.8) is 0 Å². The third-order valence-electron chi connectivity index (χ3n) is 2.74. The summed E-state index contributed by atoms with van der Waals surface area (Å²) in [5.41, 5.74) is -0.702. The summed E-state index contributed by atoms with van der Waals surface area (Å²) in [7, 11) is 0. The van der Waals surface area contributed by atoms with Gasteiger partial charge in [0.05, 0.1) is 5.56 Å². The molecule has 0 saturated heterocycles. The Morgan fingerprint density at radius 3 is 2.67 bits per heavy atom. The topological polar surface area (TPSA) is 24.9 Å². The van der Waals surface area contributed by atoms with Crippen LogP contribution in [-0.4, -0.2) is 11.0 Å². The summed E-state index contributed by atoms with van der Waals surface area (Å²) in [5.74, 6) is -0.0750. The Hall–Kier alpha value is -1.26. The predicted molar refractivity (Wildman–Crippen MR) is 66.5 cm³/mol. The molecule has 1 heterocycles. The number of rotatable bonds is 6. The Kier molecular flexibility index (Phi) is 5.44. The molecule has 0 aromatic carbocycles. The van der Waals surface area contributed by atoms with Crippen LogP contribution < -0.4 is 5.32 Å². The standard InChI is InChI=1S/C13H19F3N2/c1-3-4-5-7-10(2)18-12-11(13(14,15)16)8-6-9-17-12/h6,8-10H,3-5,7H2,1-2H3,(H,17,18). The molecule has 0 aliphatic heterocycles. The van der Waals surface area contributed by atoms with Gasteiger partial charge in [-0.2, -0.15) is 13.2 Å². The maximum Gasteiger partial charge on any atom is 0.419 e. The molecule has 1 aromatic rings. The number of aromatic nitrogens is 1. The first-order chi connectivity index (χ1) is 8.45. The van der Waals surface area contributed by atoms with Crippen LogP contribution in [-0.2, 0) is 6.18 Å². The van der Waals surface area contributed by atoms with Crippen LogP contribution in [0.25, 0.3) is 0 Å². The van der Waals surface area contributed by atoms with E-state index in [1.807, 2.05) is 6.92 Å². The van der Waals surface area contributed by atoms with Gasteiger partial charge in [-0.25, -0.2) is 4.98 Å². The number of hydrogen-bond acceptors (Lipinski definition) is 2. The van der Waals surface area contributed by atoms with E-state index in [0.29, 0.717) is 0 Å². The minimum absolute atomic E-state index is 0.00690. The monoisotopic (exact) mass is 260 g/mol. The number of hydrogen-bond donors (Lipinski definition) is 1. The van der Waals surface area contributed by atoms with E-state index in [0.717, 1.165) is 31.7 Å². The van der Waals surface area contributed by atoms with Crippen molar-refractivity contribution in [3.05, 3.63) is 23.9 Å². The molecule has 18 heavy (non-hydrogen) atoms. The maximum absolute atomic E-state index is 12.7. The molecule has 0 aliphatic rings. The lowest BCUT2D eigenvalue weighted by atomic mass is 10.1. The van der Waals surface area contributed by atoms with Crippen molar-refractivity contribution in [3.8, 4) is 0 Å². The molecular weight excluding hydrogens is 241 g/mol. The van der Waals surface area contributed by atoms with Gasteiger partial charge in [-0.1, -0.05) is 26.2 Å². The second kappa shape index (κ2) is 6.61. The van der Waals surface area contributed by atoms with Crippen molar-refractivity contribution in [2.45, 2.75) is 51.7 Å². The molecular formula is C13H19F3N2. The van der Waals surface area contributed by atoms with Gasteiger partial charge in [0.2, 0.25) is 0 Å². The van der Waals surface area contributed by atoms with Gasteiger partial charge in [0, 0.05) is 12.2 Å². The van der Waals surface area contributed by atoms with Crippen LogP contribution in [0.15, 0.2) is 18.3 Å². The molecule has 0 saturated carbocycles. The van der Waals surface area contributed by atoms with Crippen molar-refractivity contribution in [2.75, 3.05) is 5.32 Å². The first-order valence-corrected chi connectivity index (χ1v) is 6.24. The predicted octanol–water partition coefficient (Wildman–Crippen LogP) is 4.48. The largest absolute Gasteiger partial charge is 0.419 e. The minimum atomic E-state index is -4.36. The van der Waals surface area contributed by atoms with Crippen molar-refractivity contribution >= 4 is 5.82 Å². The molecule has 1 aromatic heterocycles. The molecule has 0 bridgehead atoms. The third-order valence-corrected chi connectivity index (χ3v) is 2.74. The van der Waals surface area contributed by atoms with E-state index in [9.17, 15) is 13.2 Å². The molecule has 0 spiro atoms. The zero-order valence-corrected chi connectivity index (χ0v) is 10.7. The highest BCUT2D eigenvalue weighted by Crippen LogP contribution is 2.33. The quantitative estimate of drug-likeness (QED) is 0.763. The van der Waals surface area contributed by atoms with E-state index in [-0.39, 0.29) is 11.9 Å². The summed E-state index contributed by atoms with van der Waals surface area (Å²) < 4.78 is 38.2. The van der Waals surface area contributed by atoms with Crippen LogP contribution in [0.5, 0.6) is 0 Å². The molecule has 1 atom stereocenters. The van der Waals surface area contributed by atoms with Crippen molar-refractivity contribution < 1.29 is 13.2 Å². The van der Waals surface area contributed by atoms with Crippen molar-refractivity contribution in [2.24, 2.45) is 0 Å². The lowest BCUT2D eigenvalue weighted by Crippen LogP contribution is -2.19. The molecule has 0 radical (unpaired) electrons. The van der Waals surface area contributed by atoms with Gasteiger partial charge in [-0.3, -0.25) is 0 Å². The van der Waals surface area contributed by atoms with Crippen LogP contribution in [0, 0.1) is 0 Å². The Balaban J connectivity index is 2.66. The number of unbranched alkanes of at least 4 members (excludes halogenated alkanes) is 2. The third kappa shape index (κ3) is 4.55. The van der Waals surface area contributed by atoms with Gasteiger partial charge in [0.15, 0.2) is 0 Å². The van der Waals surface area contributed by atoms with E-state index in [2.05, 4.69) is 17.2 Å². The molecule has 2 nitrogen and oxygen atoms in total. The Morgan fingerprint density at radius 2 is 2.06 bits per heavy atom. The van der Waals surface area contributed by atoms with Gasteiger partial charge in [-0.05, 0) is 25.5 Å². The molecule has 1 rings (SSSR count). The summed E-state index contributed by atoms with van der Waals surface area (Å²) in [6.07, 6.45) is 1.07. The summed E-state index contributed by atoms with van der Waals surface area (Å²) in [6, 6.07) is 2.34. The van der Waals surface area contributed by atoms with E-state index in [1.54, 1.807) is 0 Å². The number of alkyl halides is 3. The highest BCUT2D eigenvalue weighted by molar-refractivity contribution is 5.46. The number of halogens is 3. The van der Waals surface area contributed by atoms with E-state index >= 15 is 0 Å². The van der Waals surface area contributed by atoms with Crippen molar-refractivity contribution in [1.29, 1.82) is 0 Å². The lowest BCUT2D eigenvalue weighted by molar-refractivity contribution is -0.137. The van der Waals surface area contributed by atoms with Crippen LogP contribution in [0.1, 0.15) is 45.1 Å². The molecule has 102 valence electrons. The van der Waals surface area contributed by atoms with Crippen LogP contribution >= 0.6 is 0 Å². The molecule has 0 fully saturated rings. The average Bonchev–Trinajstić information content (AvgIpc) is 2.28. The smallest absolute Gasteiger partial charge is 0.367 e. The van der Waals surface area contributed by atoms with Gasteiger partial charge in [0.1, 0.15) is 5.82 Å². The van der Waals surface area contributed by atoms with Gasteiger partial charge in [-0.15, -0.1) is 0 Å². The minimum Gasteiger partial charge on any atom is -0.367 e. The molecule has 0 amide bonds. The fourth-order valence-corrected chi connectivity index (χ4v) is 1.76. The lowest BCUT2D eigenvalue weighted by Gasteiger charge is -2.18. The van der Waals surface area contributed by atoms with Crippen molar-refractivity contribution in [1.82, 2.24) is 4.98 Å². The first kappa shape index (κ1) is 14.8. The number of anilines is 1. The Labute approximate surface area is 106 Å². The van der Waals surface area contributed by atoms with Crippen LogP contribution in [0.2, 0.25) is 0 Å². The fourth-order valence-electron chi connectivity index (χ4n) is 1.76. The first-order valence-electron chi connectivity index (χ1n) is 6.24. The van der Waals surface area contributed by atoms with Gasteiger partial charge >= 0.3 is 6.18 Å². The second-order valence-electron chi connectivity index (χ2n) is 4.44. The highest BCUT2D eigenvalue weighted by Gasteiger charge is 2.34. The molecule has 5 heteroatoms. The van der Waals surface area contributed by atoms with Gasteiger partial charge < -0.3 is 5.32 Å². The van der Waals surface area contributed by atoms with E-state index in [1.165, 1.54) is 12.3 Å². The summed E-state index contributed by atoms with van der Waals surface area (Å²) in [4.78, 5) is 3.78. The average molecular weight is 260 g/mol. The maximum atomic E-state index is 12.7. The Morgan fingerprint density at radius 1 is 1.33 bits per heavy atom. The number of nitrogens with zero attached hydrogens (tertiary/aromatic N) is 1. The van der Waals surface area contributed by atoms with Crippen LogP contribution in [0.4, 0.5) is 19.0 Å². The van der Waals surface area contributed by atoms with E-state index in [4.69, 9.17) is 0 Å². The fraction of sp³-hybridized carbons (Fsp3) is 0.615. The highest BCUT2D eigenvalue weighted by atomic mass is 19.4. The SMILES string of the molecule is CCCCCC(C)Nc1ncccc1C(F)(F)F. The number of nitrogens with one attached hydrogen (secondary N) is 1.